The van der Waals surface area contributed by atoms with Gasteiger partial charge in [0.15, 0.2) is 0 Å². The third kappa shape index (κ3) is 5.20. The highest BCUT2D eigenvalue weighted by molar-refractivity contribution is 5.84. The van der Waals surface area contributed by atoms with E-state index in [4.69, 9.17) is 4.74 Å². The summed E-state index contributed by atoms with van der Waals surface area (Å²) in [5.41, 5.74) is 0.649. The van der Waals surface area contributed by atoms with Crippen molar-refractivity contribution < 1.29 is 19.1 Å². The predicted octanol–water partition coefficient (Wildman–Crippen LogP) is 1.98. The van der Waals surface area contributed by atoms with Gasteiger partial charge < -0.3 is 14.8 Å². The zero-order valence-electron chi connectivity index (χ0n) is 10.3. The maximum atomic E-state index is 11.5. The fourth-order valence-corrected chi connectivity index (χ4v) is 1.19. The molecular formula is C12H16N2O4. The lowest BCUT2D eigenvalue weighted by Crippen LogP contribution is -2.34. The van der Waals surface area contributed by atoms with Crippen LogP contribution >= 0.6 is 0 Å². The third-order valence-electron chi connectivity index (χ3n) is 2.05. The second-order valence-corrected chi connectivity index (χ2v) is 3.58. The summed E-state index contributed by atoms with van der Waals surface area (Å²) in [6.45, 7) is 1.86. The molecule has 0 saturated carbocycles. The molecule has 0 unspecified atom stereocenters. The Morgan fingerprint density at radius 2 is 1.89 bits per heavy atom. The molecule has 0 spiro atoms. The number of hydrogen-bond donors (Lipinski definition) is 2. The zero-order valence-corrected chi connectivity index (χ0v) is 10.3. The first kappa shape index (κ1) is 13.8. The van der Waals surface area contributed by atoms with E-state index in [2.05, 4.69) is 15.4 Å². The fraction of sp³-hybridized carbons (Fsp3) is 0.333. The van der Waals surface area contributed by atoms with E-state index >= 15 is 0 Å². The highest BCUT2D eigenvalue weighted by Crippen LogP contribution is 2.05. The van der Waals surface area contributed by atoms with Crippen molar-refractivity contribution in [2.75, 3.05) is 19.0 Å². The summed E-state index contributed by atoms with van der Waals surface area (Å²) in [5, 5.41) is 5.00. The number of rotatable bonds is 4. The first-order valence-electron chi connectivity index (χ1n) is 5.46. The standard InChI is InChI=1S/C12H16N2O4/c1-9(8-13-11(15)17-2)18-12(16)14-10-6-4-3-5-7-10/h3-7,9H,8H2,1-2H3,(H,13,15)(H,14,16)/t9-/m1/s1. The summed E-state index contributed by atoms with van der Waals surface area (Å²) in [6.07, 6.45) is -1.58. The lowest BCUT2D eigenvalue weighted by atomic mass is 10.3. The Bertz CT molecular complexity index is 394. The van der Waals surface area contributed by atoms with Gasteiger partial charge in [0.2, 0.25) is 0 Å². The van der Waals surface area contributed by atoms with Crippen LogP contribution in [-0.4, -0.2) is 31.9 Å². The van der Waals surface area contributed by atoms with E-state index in [-0.39, 0.29) is 6.54 Å². The number of nitrogens with one attached hydrogen (secondary N) is 2. The minimum absolute atomic E-state index is 0.189. The van der Waals surface area contributed by atoms with Gasteiger partial charge in [-0.1, -0.05) is 18.2 Å². The van der Waals surface area contributed by atoms with Crippen LogP contribution in [0.2, 0.25) is 0 Å². The monoisotopic (exact) mass is 252 g/mol. The van der Waals surface area contributed by atoms with E-state index in [9.17, 15) is 9.59 Å². The predicted molar refractivity (Wildman–Crippen MR) is 66.4 cm³/mol. The third-order valence-corrected chi connectivity index (χ3v) is 2.05. The van der Waals surface area contributed by atoms with Gasteiger partial charge in [-0.3, -0.25) is 5.32 Å². The Labute approximate surface area is 105 Å². The average Bonchev–Trinajstić information content (AvgIpc) is 2.37. The van der Waals surface area contributed by atoms with E-state index in [0.717, 1.165) is 0 Å². The summed E-state index contributed by atoms with van der Waals surface area (Å²) >= 11 is 0. The van der Waals surface area contributed by atoms with Crippen molar-refractivity contribution in [1.29, 1.82) is 0 Å². The lowest BCUT2D eigenvalue weighted by Gasteiger charge is -2.14. The van der Waals surface area contributed by atoms with Gasteiger partial charge in [-0.05, 0) is 19.1 Å². The molecule has 6 heteroatoms. The highest BCUT2D eigenvalue weighted by atomic mass is 16.6. The van der Waals surface area contributed by atoms with E-state index in [0.29, 0.717) is 5.69 Å². The van der Waals surface area contributed by atoms with Gasteiger partial charge in [0.25, 0.3) is 0 Å². The van der Waals surface area contributed by atoms with Gasteiger partial charge in [0.05, 0.1) is 13.7 Å². The molecule has 1 atom stereocenters. The largest absolute Gasteiger partial charge is 0.453 e. The quantitative estimate of drug-likeness (QED) is 0.859. The molecule has 6 nitrogen and oxygen atoms in total. The number of benzene rings is 1. The maximum Gasteiger partial charge on any atom is 0.411 e. The molecule has 0 aliphatic heterocycles. The molecule has 1 aromatic rings. The second-order valence-electron chi connectivity index (χ2n) is 3.58. The van der Waals surface area contributed by atoms with Crippen molar-refractivity contribution >= 4 is 17.9 Å². The van der Waals surface area contributed by atoms with Crippen molar-refractivity contribution in [1.82, 2.24) is 5.32 Å². The Hall–Kier alpha value is -2.24. The van der Waals surface area contributed by atoms with Gasteiger partial charge >= 0.3 is 12.2 Å². The molecule has 18 heavy (non-hydrogen) atoms. The number of amides is 2. The number of alkyl carbamates (subject to hydrolysis) is 1. The summed E-state index contributed by atoms with van der Waals surface area (Å²) in [5.74, 6) is 0. The van der Waals surface area contributed by atoms with Gasteiger partial charge in [-0.15, -0.1) is 0 Å². The fourth-order valence-electron chi connectivity index (χ4n) is 1.19. The first-order valence-corrected chi connectivity index (χ1v) is 5.46. The number of carbonyl (C=O) groups is 2. The molecule has 0 saturated heterocycles. The van der Waals surface area contributed by atoms with Crippen LogP contribution in [0.4, 0.5) is 15.3 Å². The van der Waals surface area contributed by atoms with E-state index in [1.54, 1.807) is 31.2 Å². The minimum Gasteiger partial charge on any atom is -0.453 e. The number of anilines is 1. The Balaban J connectivity index is 2.29. The van der Waals surface area contributed by atoms with Gasteiger partial charge in [0.1, 0.15) is 6.10 Å². The second kappa shape index (κ2) is 7.16. The molecule has 2 amide bonds. The van der Waals surface area contributed by atoms with Crippen molar-refractivity contribution in [2.45, 2.75) is 13.0 Å². The van der Waals surface area contributed by atoms with Gasteiger partial charge in [-0.25, -0.2) is 9.59 Å². The van der Waals surface area contributed by atoms with Gasteiger partial charge in [-0.2, -0.15) is 0 Å². The molecule has 0 bridgehead atoms. The number of methoxy groups -OCH3 is 1. The number of hydrogen-bond acceptors (Lipinski definition) is 4. The van der Waals surface area contributed by atoms with Crippen molar-refractivity contribution in [3.05, 3.63) is 30.3 Å². The summed E-state index contributed by atoms with van der Waals surface area (Å²) < 4.78 is 9.42. The van der Waals surface area contributed by atoms with Crippen LogP contribution in [0.5, 0.6) is 0 Å². The zero-order chi connectivity index (χ0) is 13.4. The van der Waals surface area contributed by atoms with Crippen LogP contribution in [0.15, 0.2) is 30.3 Å². The smallest absolute Gasteiger partial charge is 0.411 e. The van der Waals surface area contributed by atoms with Crippen LogP contribution in [0.3, 0.4) is 0 Å². The van der Waals surface area contributed by atoms with E-state index < -0.39 is 18.3 Å². The molecule has 0 aliphatic rings. The topological polar surface area (TPSA) is 76.7 Å². The Kier molecular flexibility index (Phi) is 5.50. The van der Waals surface area contributed by atoms with Crippen molar-refractivity contribution in [3.8, 4) is 0 Å². The maximum absolute atomic E-state index is 11.5. The molecule has 0 aromatic heterocycles. The normalized spacial score (nSPS) is 11.2. The summed E-state index contributed by atoms with van der Waals surface area (Å²) in [6, 6.07) is 8.95. The van der Waals surface area contributed by atoms with Gasteiger partial charge in [0, 0.05) is 5.69 Å². The molecule has 0 heterocycles. The summed E-state index contributed by atoms with van der Waals surface area (Å²) in [7, 11) is 1.27. The summed E-state index contributed by atoms with van der Waals surface area (Å²) in [4.78, 5) is 22.3. The highest BCUT2D eigenvalue weighted by Gasteiger charge is 2.10. The molecule has 98 valence electrons. The van der Waals surface area contributed by atoms with Crippen molar-refractivity contribution in [3.63, 3.8) is 0 Å². The SMILES string of the molecule is COC(=O)NC[C@@H](C)OC(=O)Nc1ccccc1. The Morgan fingerprint density at radius 3 is 2.50 bits per heavy atom. The van der Waals surface area contributed by atoms with E-state index in [1.807, 2.05) is 6.07 Å². The van der Waals surface area contributed by atoms with Crippen LogP contribution in [0.1, 0.15) is 6.92 Å². The molecule has 0 fully saturated rings. The van der Waals surface area contributed by atoms with Crippen LogP contribution < -0.4 is 10.6 Å². The number of ether oxygens (including phenoxy) is 2. The molecule has 1 aromatic carbocycles. The molecule has 0 aliphatic carbocycles. The van der Waals surface area contributed by atoms with Crippen LogP contribution in [-0.2, 0) is 9.47 Å². The number of para-hydroxylation sites is 1. The molecule has 2 N–H and O–H groups in total. The molecular weight excluding hydrogens is 236 g/mol. The number of carbonyl (C=O) groups excluding carboxylic acids is 2. The Morgan fingerprint density at radius 1 is 1.22 bits per heavy atom. The molecule has 1 rings (SSSR count). The minimum atomic E-state index is -0.569. The van der Waals surface area contributed by atoms with Crippen molar-refractivity contribution in [2.24, 2.45) is 0 Å². The van der Waals surface area contributed by atoms with E-state index in [1.165, 1.54) is 7.11 Å². The molecule has 0 radical (unpaired) electrons. The lowest BCUT2D eigenvalue weighted by molar-refractivity contribution is 0.115. The first-order chi connectivity index (χ1) is 8.61. The van der Waals surface area contributed by atoms with Crippen LogP contribution in [0, 0.1) is 0 Å². The average molecular weight is 252 g/mol. The van der Waals surface area contributed by atoms with Crippen LogP contribution in [0.25, 0.3) is 0 Å².